The van der Waals surface area contributed by atoms with Gasteiger partial charge in [-0.25, -0.2) is 8.78 Å². The van der Waals surface area contributed by atoms with Crippen LogP contribution in [0.15, 0.2) is 11.4 Å². The topological polar surface area (TPSA) is 0 Å². The Morgan fingerprint density at radius 2 is 1.23 bits per heavy atom. The minimum Gasteiger partial charge on any atom is -0.246 e. The fourth-order valence-corrected chi connectivity index (χ4v) is 0.430. The smallest absolute Gasteiger partial charge is 0.246 e. The van der Waals surface area contributed by atoms with Crippen LogP contribution in [0.5, 0.6) is 0 Å². The van der Waals surface area contributed by atoms with Crippen LogP contribution in [0.1, 0.15) is 0 Å². The van der Waals surface area contributed by atoms with Crippen molar-refractivity contribution in [2.24, 2.45) is 0 Å². The Bertz CT molecular complexity index is 206. The van der Waals surface area contributed by atoms with E-state index in [4.69, 9.17) is 0 Å². The Morgan fingerprint density at radius 3 is 1.31 bits per heavy atom. The highest BCUT2D eigenvalue weighted by atomic mass is 19.4. The van der Waals surface area contributed by atoms with E-state index in [1.54, 1.807) is 0 Å². The molecule has 0 aromatic rings. The number of allylic oxidation sites excluding steroid dienone is 2. The van der Waals surface area contributed by atoms with Gasteiger partial charge in [-0.05, 0) is 0 Å². The molecule has 0 spiro atoms. The van der Waals surface area contributed by atoms with E-state index in [-0.39, 0.29) is 0 Å². The summed E-state index contributed by atoms with van der Waals surface area (Å²) in [6.45, 7) is -2.55. The molecule has 0 radical (unpaired) electrons. The molecule has 0 aliphatic rings. The van der Waals surface area contributed by atoms with Gasteiger partial charge in [-0.15, -0.1) is 0 Å². The zero-order valence-electron chi connectivity index (χ0n) is 5.73. The molecule has 0 N–H and O–H groups in total. The molecule has 0 heterocycles. The molecule has 0 saturated carbocycles. The summed E-state index contributed by atoms with van der Waals surface area (Å²) in [5.41, 5.74) is -2.85. The zero-order chi connectivity index (χ0) is 10.9. The van der Waals surface area contributed by atoms with E-state index in [2.05, 4.69) is 0 Å². The lowest BCUT2D eigenvalue weighted by atomic mass is 10.2. The second kappa shape index (κ2) is 3.51. The monoisotopic (exact) mass is 214 g/mol. The third-order valence-electron chi connectivity index (χ3n) is 0.990. The maximum atomic E-state index is 11.9. The summed E-state index contributed by atoms with van der Waals surface area (Å²) in [5, 5.41) is 0. The van der Waals surface area contributed by atoms with Gasteiger partial charge in [0, 0.05) is 0 Å². The van der Waals surface area contributed by atoms with Crippen molar-refractivity contribution >= 4 is 0 Å². The molecular weight excluding hydrogens is 212 g/mol. The van der Waals surface area contributed by atoms with E-state index in [0.717, 1.165) is 0 Å². The molecule has 0 rings (SSSR count). The maximum absolute atomic E-state index is 11.9. The fraction of sp³-hybridized carbons (Fsp3) is 0.600. The van der Waals surface area contributed by atoms with Gasteiger partial charge in [0.2, 0.25) is 5.83 Å². The molecule has 0 atom stereocenters. The Morgan fingerprint density at radius 1 is 0.846 bits per heavy atom. The van der Waals surface area contributed by atoms with E-state index in [1.807, 2.05) is 0 Å². The Hall–Kier alpha value is -0.820. The van der Waals surface area contributed by atoms with Crippen molar-refractivity contribution in [2.75, 3.05) is 6.67 Å². The predicted molar refractivity (Wildman–Crippen MR) is 26.2 cm³/mol. The quantitative estimate of drug-likeness (QED) is 0.587. The zero-order valence-corrected chi connectivity index (χ0v) is 5.73. The summed E-state index contributed by atoms with van der Waals surface area (Å²) in [6, 6.07) is 0. The molecule has 78 valence electrons. The lowest BCUT2D eigenvalue weighted by molar-refractivity contribution is -0.130. The Labute approximate surface area is 66.8 Å². The molecule has 0 aliphatic heterocycles. The van der Waals surface area contributed by atoms with Gasteiger partial charge in [-0.2, -0.15) is 26.3 Å². The van der Waals surface area contributed by atoms with E-state index in [9.17, 15) is 35.1 Å². The number of hydrogen-bond acceptors (Lipinski definition) is 0. The number of hydrogen-bond donors (Lipinski definition) is 0. The highest BCUT2D eigenvalue weighted by Crippen LogP contribution is 2.36. The highest BCUT2D eigenvalue weighted by molar-refractivity contribution is 5.17. The second-order valence-electron chi connectivity index (χ2n) is 1.92. The lowest BCUT2D eigenvalue weighted by Crippen LogP contribution is -2.21. The van der Waals surface area contributed by atoms with Gasteiger partial charge in [-0.3, -0.25) is 0 Å². The molecule has 0 unspecified atom stereocenters. The van der Waals surface area contributed by atoms with Gasteiger partial charge >= 0.3 is 12.4 Å². The molecule has 8 heteroatoms. The van der Waals surface area contributed by atoms with E-state index < -0.39 is 30.4 Å². The van der Waals surface area contributed by atoms with Crippen LogP contribution in [0.4, 0.5) is 35.1 Å². The van der Waals surface area contributed by atoms with Crippen LogP contribution < -0.4 is 0 Å². The summed E-state index contributed by atoms with van der Waals surface area (Å²) in [6.07, 6.45) is -11.5. The SMILES string of the molecule is FC/C(=C(/F)C(F)(F)F)C(F)(F)F. The van der Waals surface area contributed by atoms with Gasteiger partial charge in [0.1, 0.15) is 12.2 Å². The minimum atomic E-state index is -5.81. The summed E-state index contributed by atoms with van der Waals surface area (Å²) in [7, 11) is 0. The van der Waals surface area contributed by atoms with Crippen LogP contribution in [0.3, 0.4) is 0 Å². The molecule has 0 nitrogen and oxygen atoms in total. The van der Waals surface area contributed by atoms with Gasteiger partial charge in [0.05, 0.1) is 0 Å². The number of alkyl halides is 7. The molecule has 0 aromatic carbocycles. The van der Waals surface area contributed by atoms with Gasteiger partial charge < -0.3 is 0 Å². The lowest BCUT2D eigenvalue weighted by Gasteiger charge is -2.11. The van der Waals surface area contributed by atoms with Crippen LogP contribution >= 0.6 is 0 Å². The van der Waals surface area contributed by atoms with Crippen molar-refractivity contribution in [3.05, 3.63) is 11.4 Å². The first-order chi connectivity index (χ1) is 5.60. The van der Waals surface area contributed by atoms with Crippen LogP contribution in [-0.2, 0) is 0 Å². The highest BCUT2D eigenvalue weighted by Gasteiger charge is 2.46. The standard InChI is InChI=1S/C5H2F8/c6-1-2(4(8,9)10)3(7)5(11,12)13/h1H2/b3-2-. The Kier molecular flexibility index (Phi) is 3.28. The molecule has 0 aromatic heterocycles. The van der Waals surface area contributed by atoms with Crippen molar-refractivity contribution in [1.29, 1.82) is 0 Å². The number of rotatable bonds is 1. The summed E-state index contributed by atoms with van der Waals surface area (Å²) >= 11 is 0. The van der Waals surface area contributed by atoms with Crippen molar-refractivity contribution in [2.45, 2.75) is 12.4 Å². The number of halogens is 8. The summed E-state index contributed by atoms with van der Waals surface area (Å²) in [5.74, 6) is -3.44. The van der Waals surface area contributed by atoms with Crippen molar-refractivity contribution in [1.82, 2.24) is 0 Å². The van der Waals surface area contributed by atoms with E-state index in [1.165, 1.54) is 0 Å². The third-order valence-corrected chi connectivity index (χ3v) is 0.990. The first-order valence-electron chi connectivity index (χ1n) is 2.69. The van der Waals surface area contributed by atoms with Crippen molar-refractivity contribution in [3.63, 3.8) is 0 Å². The van der Waals surface area contributed by atoms with Crippen molar-refractivity contribution < 1.29 is 35.1 Å². The average Bonchev–Trinajstić information content (AvgIpc) is 1.83. The molecule has 0 amide bonds. The maximum Gasteiger partial charge on any atom is 0.443 e. The van der Waals surface area contributed by atoms with Gasteiger partial charge in [0.15, 0.2) is 0 Å². The van der Waals surface area contributed by atoms with Crippen molar-refractivity contribution in [3.8, 4) is 0 Å². The second-order valence-corrected chi connectivity index (χ2v) is 1.92. The fourth-order valence-electron chi connectivity index (χ4n) is 0.430. The van der Waals surface area contributed by atoms with E-state index in [0.29, 0.717) is 0 Å². The van der Waals surface area contributed by atoms with E-state index >= 15 is 0 Å². The molecule has 0 saturated heterocycles. The van der Waals surface area contributed by atoms with Crippen LogP contribution in [0.25, 0.3) is 0 Å². The normalized spacial score (nSPS) is 15.7. The average molecular weight is 214 g/mol. The minimum absolute atomic E-state index is 2.55. The molecule has 13 heavy (non-hydrogen) atoms. The van der Waals surface area contributed by atoms with Crippen LogP contribution in [-0.4, -0.2) is 19.0 Å². The first kappa shape index (κ1) is 12.2. The van der Waals surface area contributed by atoms with Gasteiger partial charge in [-0.1, -0.05) is 0 Å². The molecule has 0 bridgehead atoms. The molecule has 0 aliphatic carbocycles. The predicted octanol–water partition coefficient (Wildman–Crippen LogP) is 3.30. The first-order valence-corrected chi connectivity index (χ1v) is 2.69. The molecular formula is C5H2F8. The third kappa shape index (κ3) is 3.19. The van der Waals surface area contributed by atoms with Crippen LogP contribution in [0.2, 0.25) is 0 Å². The Balaban J connectivity index is 5.16. The summed E-state index contributed by atoms with van der Waals surface area (Å²) < 4.78 is 91.6. The largest absolute Gasteiger partial charge is 0.443 e. The molecule has 0 fully saturated rings. The summed E-state index contributed by atoms with van der Waals surface area (Å²) in [4.78, 5) is 0. The van der Waals surface area contributed by atoms with Gasteiger partial charge in [0.25, 0.3) is 0 Å². The van der Waals surface area contributed by atoms with Crippen LogP contribution in [0, 0.1) is 0 Å².